The molecule has 2 unspecified atom stereocenters. The number of carbonyl (C=O) groups excluding carboxylic acids is 1. The molecule has 1 saturated carbocycles. The van der Waals surface area contributed by atoms with E-state index in [-0.39, 0.29) is 29.3 Å². The molecule has 0 heterocycles. The lowest BCUT2D eigenvalue weighted by Crippen LogP contribution is -2.31. The molecular formula is C16H20FNO5S. The van der Waals surface area contributed by atoms with Gasteiger partial charge in [0, 0.05) is 17.9 Å². The highest BCUT2D eigenvalue weighted by atomic mass is 32.2. The van der Waals surface area contributed by atoms with Gasteiger partial charge in [-0.15, -0.1) is 0 Å². The summed E-state index contributed by atoms with van der Waals surface area (Å²) in [5.41, 5.74) is 0.417. The molecule has 1 aromatic rings. The summed E-state index contributed by atoms with van der Waals surface area (Å²) >= 11 is 0. The van der Waals surface area contributed by atoms with E-state index >= 15 is 0 Å². The van der Waals surface area contributed by atoms with Crippen LogP contribution in [-0.4, -0.2) is 31.7 Å². The number of carboxylic acid groups (broad SMARTS) is 1. The first-order valence-electron chi connectivity index (χ1n) is 7.65. The molecule has 1 amide bonds. The van der Waals surface area contributed by atoms with E-state index in [0.717, 1.165) is 18.4 Å². The smallest absolute Gasteiger partial charge is 0.306 e. The van der Waals surface area contributed by atoms with Crippen LogP contribution in [0.3, 0.4) is 0 Å². The Morgan fingerprint density at radius 3 is 2.58 bits per heavy atom. The second-order valence-corrected chi connectivity index (χ2v) is 8.40. The fraction of sp³-hybridized carbons (Fsp3) is 0.500. The summed E-state index contributed by atoms with van der Waals surface area (Å²) < 4.78 is 36.3. The summed E-state index contributed by atoms with van der Waals surface area (Å²) in [6.45, 7) is 0. The summed E-state index contributed by atoms with van der Waals surface area (Å²) in [5, 5.41) is 11.7. The molecule has 0 aromatic heterocycles. The minimum atomic E-state index is -3.39. The molecule has 1 fully saturated rings. The molecule has 2 atom stereocenters. The standard InChI is InChI=1S/C16H20FNO5S/c1-24(22,23)9-12-8-13(17)5-6-14(12)18-15(19)10-3-2-4-11(7-10)16(20)21/h5-6,8,10-11H,2-4,7,9H2,1H3,(H,18,19)(H,20,21). The van der Waals surface area contributed by atoms with E-state index in [1.165, 1.54) is 6.07 Å². The lowest BCUT2D eigenvalue weighted by atomic mass is 9.81. The van der Waals surface area contributed by atoms with Gasteiger partial charge >= 0.3 is 5.97 Å². The average molecular weight is 357 g/mol. The molecule has 0 bridgehead atoms. The van der Waals surface area contributed by atoms with Crippen LogP contribution in [0.1, 0.15) is 31.2 Å². The van der Waals surface area contributed by atoms with E-state index in [4.69, 9.17) is 5.11 Å². The summed E-state index contributed by atoms with van der Waals surface area (Å²) in [7, 11) is -3.39. The van der Waals surface area contributed by atoms with Gasteiger partial charge in [0.25, 0.3) is 0 Å². The van der Waals surface area contributed by atoms with E-state index in [1.54, 1.807) is 0 Å². The molecule has 24 heavy (non-hydrogen) atoms. The van der Waals surface area contributed by atoms with Crippen LogP contribution >= 0.6 is 0 Å². The third kappa shape index (κ3) is 5.02. The van der Waals surface area contributed by atoms with Gasteiger partial charge in [-0.25, -0.2) is 12.8 Å². The molecule has 1 aromatic carbocycles. The SMILES string of the molecule is CS(=O)(=O)Cc1cc(F)ccc1NC(=O)C1CCCC(C(=O)O)C1. The largest absolute Gasteiger partial charge is 0.481 e. The van der Waals surface area contributed by atoms with Crippen molar-refractivity contribution in [3.63, 3.8) is 0 Å². The predicted octanol–water partition coefficient (Wildman–Crippen LogP) is 2.20. The van der Waals surface area contributed by atoms with Crippen LogP contribution < -0.4 is 5.32 Å². The first kappa shape index (κ1) is 18.4. The van der Waals surface area contributed by atoms with Crippen molar-refractivity contribution in [1.82, 2.24) is 0 Å². The minimum absolute atomic E-state index is 0.177. The second kappa shape index (κ2) is 7.29. The molecule has 2 rings (SSSR count). The van der Waals surface area contributed by atoms with Gasteiger partial charge in [-0.05, 0) is 43.0 Å². The molecule has 132 valence electrons. The quantitative estimate of drug-likeness (QED) is 0.841. The van der Waals surface area contributed by atoms with Crippen molar-refractivity contribution in [2.24, 2.45) is 11.8 Å². The Morgan fingerprint density at radius 2 is 1.96 bits per heavy atom. The Balaban J connectivity index is 2.15. The zero-order chi connectivity index (χ0) is 17.9. The van der Waals surface area contributed by atoms with Gasteiger partial charge in [-0.2, -0.15) is 0 Å². The van der Waals surface area contributed by atoms with Gasteiger partial charge in [-0.3, -0.25) is 9.59 Å². The lowest BCUT2D eigenvalue weighted by Gasteiger charge is -2.26. The van der Waals surface area contributed by atoms with Crippen molar-refractivity contribution in [2.45, 2.75) is 31.4 Å². The monoisotopic (exact) mass is 357 g/mol. The molecule has 0 saturated heterocycles. The third-order valence-corrected chi connectivity index (χ3v) is 4.97. The Labute approximate surface area is 140 Å². The Morgan fingerprint density at radius 1 is 1.29 bits per heavy atom. The zero-order valence-electron chi connectivity index (χ0n) is 13.3. The molecule has 0 radical (unpaired) electrons. The van der Waals surface area contributed by atoms with Gasteiger partial charge in [-0.1, -0.05) is 6.42 Å². The number of sulfone groups is 1. The number of amides is 1. The van der Waals surface area contributed by atoms with Gasteiger partial charge in [0.2, 0.25) is 5.91 Å². The number of nitrogens with one attached hydrogen (secondary N) is 1. The van der Waals surface area contributed by atoms with Gasteiger partial charge in [0.05, 0.1) is 11.7 Å². The van der Waals surface area contributed by atoms with Crippen molar-refractivity contribution in [1.29, 1.82) is 0 Å². The fourth-order valence-electron chi connectivity index (χ4n) is 2.97. The molecule has 2 N–H and O–H groups in total. The van der Waals surface area contributed by atoms with Crippen LogP contribution in [0.4, 0.5) is 10.1 Å². The lowest BCUT2D eigenvalue weighted by molar-refractivity contribution is -0.143. The molecule has 6 nitrogen and oxygen atoms in total. The number of hydrogen-bond donors (Lipinski definition) is 2. The number of anilines is 1. The Kier molecular flexibility index (Phi) is 5.58. The van der Waals surface area contributed by atoms with Crippen molar-refractivity contribution in [3.8, 4) is 0 Å². The zero-order valence-corrected chi connectivity index (χ0v) is 14.1. The van der Waals surface area contributed by atoms with E-state index in [9.17, 15) is 22.4 Å². The maximum absolute atomic E-state index is 13.4. The maximum Gasteiger partial charge on any atom is 0.306 e. The Bertz CT molecular complexity index is 747. The average Bonchev–Trinajstić information content (AvgIpc) is 2.48. The summed E-state index contributed by atoms with van der Waals surface area (Å²) in [6.07, 6.45) is 3.06. The summed E-state index contributed by atoms with van der Waals surface area (Å²) in [6, 6.07) is 3.55. The van der Waals surface area contributed by atoms with Crippen LogP contribution in [0.15, 0.2) is 18.2 Å². The van der Waals surface area contributed by atoms with Crippen molar-refractivity contribution >= 4 is 27.4 Å². The molecule has 0 spiro atoms. The molecule has 0 aliphatic heterocycles. The van der Waals surface area contributed by atoms with Crippen LogP contribution in [-0.2, 0) is 25.2 Å². The second-order valence-electron chi connectivity index (χ2n) is 6.26. The van der Waals surface area contributed by atoms with Gasteiger partial charge in [0.15, 0.2) is 9.84 Å². The molecule has 1 aliphatic carbocycles. The molecule has 1 aliphatic rings. The topological polar surface area (TPSA) is 101 Å². The maximum atomic E-state index is 13.4. The highest BCUT2D eigenvalue weighted by Crippen LogP contribution is 2.30. The van der Waals surface area contributed by atoms with E-state index in [0.29, 0.717) is 19.3 Å². The first-order valence-corrected chi connectivity index (χ1v) is 9.71. The van der Waals surface area contributed by atoms with Crippen LogP contribution in [0.2, 0.25) is 0 Å². The van der Waals surface area contributed by atoms with Crippen molar-refractivity contribution in [2.75, 3.05) is 11.6 Å². The Hall–Kier alpha value is -1.96. The van der Waals surface area contributed by atoms with E-state index in [1.807, 2.05) is 0 Å². The number of carbonyl (C=O) groups is 2. The number of aliphatic carboxylic acids is 1. The third-order valence-electron chi connectivity index (χ3n) is 4.14. The summed E-state index contributed by atoms with van der Waals surface area (Å²) in [4.78, 5) is 23.5. The normalized spacial score (nSPS) is 21.2. The fourth-order valence-corrected chi connectivity index (χ4v) is 3.78. The van der Waals surface area contributed by atoms with E-state index < -0.39 is 33.5 Å². The van der Waals surface area contributed by atoms with Crippen LogP contribution in [0.5, 0.6) is 0 Å². The number of benzene rings is 1. The van der Waals surface area contributed by atoms with Crippen LogP contribution in [0.25, 0.3) is 0 Å². The minimum Gasteiger partial charge on any atom is -0.481 e. The van der Waals surface area contributed by atoms with Crippen LogP contribution in [0, 0.1) is 17.7 Å². The van der Waals surface area contributed by atoms with Crippen molar-refractivity contribution < 1.29 is 27.5 Å². The number of halogens is 1. The summed E-state index contributed by atoms with van der Waals surface area (Å²) in [5.74, 6) is -3.23. The highest BCUT2D eigenvalue weighted by Gasteiger charge is 2.31. The number of rotatable bonds is 5. The predicted molar refractivity (Wildman–Crippen MR) is 86.7 cm³/mol. The molecule has 8 heteroatoms. The van der Waals surface area contributed by atoms with Crippen molar-refractivity contribution in [3.05, 3.63) is 29.6 Å². The highest BCUT2D eigenvalue weighted by molar-refractivity contribution is 7.89. The first-order chi connectivity index (χ1) is 11.2. The van der Waals surface area contributed by atoms with Gasteiger partial charge in [0.1, 0.15) is 5.82 Å². The van der Waals surface area contributed by atoms with E-state index in [2.05, 4.69) is 5.32 Å². The van der Waals surface area contributed by atoms with Gasteiger partial charge < -0.3 is 10.4 Å². The molecular weight excluding hydrogens is 337 g/mol. The number of carboxylic acids is 1. The number of hydrogen-bond acceptors (Lipinski definition) is 4.